The molecule has 0 aliphatic carbocycles. The number of benzene rings is 2. The molecule has 0 atom stereocenters. The first-order valence-corrected chi connectivity index (χ1v) is 9.19. The van der Waals surface area contributed by atoms with Crippen molar-refractivity contribution in [3.05, 3.63) is 24.0 Å². The molecule has 28 heavy (non-hydrogen) atoms. The molecule has 0 N–H and O–H groups in total. The van der Waals surface area contributed by atoms with Gasteiger partial charge in [0, 0.05) is 24.1 Å². The first-order valence-electron chi connectivity index (χ1n) is 9.19. The minimum atomic E-state index is -0.605. The van der Waals surface area contributed by atoms with Crippen LogP contribution in [0.2, 0.25) is 0 Å². The molecule has 152 valence electrons. The summed E-state index contributed by atoms with van der Waals surface area (Å²) in [6.45, 7) is 3.31. The number of esters is 2. The molecule has 0 radical (unpaired) electrons. The van der Waals surface area contributed by atoms with Crippen LogP contribution in [0.25, 0.3) is 10.8 Å². The number of hydrogen-bond acceptors (Lipinski definition) is 6. The first kappa shape index (κ1) is 21.5. The maximum Gasteiger partial charge on any atom is 0.311 e. The molecule has 2 aromatic carbocycles. The van der Waals surface area contributed by atoms with E-state index >= 15 is 0 Å². The average Bonchev–Trinajstić information content (AvgIpc) is 2.66. The summed E-state index contributed by atoms with van der Waals surface area (Å²) in [6, 6.07) is 3.86. The summed E-state index contributed by atoms with van der Waals surface area (Å²) in [5.41, 5.74) is 0. The molecule has 0 unspecified atom stereocenters. The molecule has 0 fully saturated rings. The molecular weight excluding hydrogens is 367 g/mol. The lowest BCUT2D eigenvalue weighted by Gasteiger charge is -2.19. The molecule has 0 heterocycles. The number of fused-ring (bicyclic) bond motifs is 1. The average molecular weight is 392 g/mol. The summed E-state index contributed by atoms with van der Waals surface area (Å²) >= 11 is 0. The number of carbonyl (C=O) groups is 2. The Bertz CT molecular complexity index is 862. The van der Waals surface area contributed by atoms with Gasteiger partial charge in [-0.3, -0.25) is 9.59 Å². The third-order valence-corrected chi connectivity index (χ3v) is 4.19. The van der Waals surface area contributed by atoms with E-state index in [0.29, 0.717) is 11.8 Å². The minimum absolute atomic E-state index is 0.00379. The van der Waals surface area contributed by atoms with Gasteiger partial charge in [-0.05, 0) is 24.6 Å². The zero-order chi connectivity index (χ0) is 20.7. The van der Waals surface area contributed by atoms with Crippen LogP contribution in [0.5, 0.6) is 23.0 Å². The molecule has 0 aromatic heterocycles. The molecule has 0 saturated carbocycles. The lowest BCUT2D eigenvalue weighted by Crippen LogP contribution is -2.11. The largest absolute Gasteiger partial charge is 0.490 e. The Morgan fingerprint density at radius 2 is 1.54 bits per heavy atom. The van der Waals surface area contributed by atoms with Crippen LogP contribution < -0.4 is 18.9 Å². The van der Waals surface area contributed by atoms with Gasteiger partial charge in [0.2, 0.25) is 11.5 Å². The molecule has 7 heteroatoms. The van der Waals surface area contributed by atoms with Gasteiger partial charge in [-0.25, -0.2) is 4.39 Å². The van der Waals surface area contributed by atoms with E-state index in [9.17, 15) is 14.0 Å². The van der Waals surface area contributed by atoms with Gasteiger partial charge in [0.25, 0.3) is 0 Å². The van der Waals surface area contributed by atoms with Crippen molar-refractivity contribution in [3.63, 3.8) is 0 Å². The number of methoxy groups -OCH3 is 2. The van der Waals surface area contributed by atoms with Gasteiger partial charge in [-0.15, -0.1) is 0 Å². The van der Waals surface area contributed by atoms with Crippen LogP contribution in [0, 0.1) is 5.82 Å². The lowest BCUT2D eigenvalue weighted by molar-refractivity contribution is -0.135. The van der Waals surface area contributed by atoms with Gasteiger partial charge in [0.1, 0.15) is 5.82 Å². The van der Waals surface area contributed by atoms with E-state index in [2.05, 4.69) is 6.92 Å². The second-order valence-electron chi connectivity index (χ2n) is 6.29. The summed E-state index contributed by atoms with van der Waals surface area (Å²) in [6.07, 6.45) is 4.01. The van der Waals surface area contributed by atoms with Gasteiger partial charge < -0.3 is 18.9 Å². The van der Waals surface area contributed by atoms with Crippen molar-refractivity contribution in [2.24, 2.45) is 0 Å². The Morgan fingerprint density at radius 1 is 0.893 bits per heavy atom. The van der Waals surface area contributed by atoms with Gasteiger partial charge in [-0.2, -0.15) is 0 Å². The fourth-order valence-corrected chi connectivity index (χ4v) is 2.93. The topological polar surface area (TPSA) is 71.1 Å². The zero-order valence-electron chi connectivity index (χ0n) is 16.6. The minimum Gasteiger partial charge on any atom is -0.490 e. The summed E-state index contributed by atoms with van der Waals surface area (Å²) in [5.74, 6) is -1.32. The normalized spacial score (nSPS) is 10.6. The van der Waals surface area contributed by atoms with E-state index in [1.807, 2.05) is 0 Å². The molecule has 2 aromatic rings. The van der Waals surface area contributed by atoms with Crippen molar-refractivity contribution in [2.45, 2.75) is 46.0 Å². The Labute approximate surface area is 163 Å². The van der Waals surface area contributed by atoms with Crippen LogP contribution in [0.4, 0.5) is 4.39 Å². The van der Waals surface area contributed by atoms with Gasteiger partial charge in [0.05, 0.1) is 14.2 Å². The zero-order valence-corrected chi connectivity index (χ0v) is 16.6. The van der Waals surface area contributed by atoms with Crippen molar-refractivity contribution in [1.82, 2.24) is 0 Å². The van der Waals surface area contributed by atoms with Crippen molar-refractivity contribution >= 4 is 22.7 Å². The second-order valence-corrected chi connectivity index (χ2v) is 6.29. The molecule has 0 aliphatic rings. The lowest BCUT2D eigenvalue weighted by atomic mass is 10.1. The fourth-order valence-electron chi connectivity index (χ4n) is 2.93. The van der Waals surface area contributed by atoms with Gasteiger partial charge in [0.15, 0.2) is 11.5 Å². The van der Waals surface area contributed by atoms with E-state index in [-0.39, 0.29) is 34.8 Å². The number of halogens is 1. The van der Waals surface area contributed by atoms with Crippen molar-refractivity contribution in [1.29, 1.82) is 0 Å². The summed E-state index contributed by atoms with van der Waals surface area (Å²) in [7, 11) is 2.73. The molecule has 2 rings (SSSR count). The Morgan fingerprint density at radius 3 is 2.11 bits per heavy atom. The maximum atomic E-state index is 13.9. The van der Waals surface area contributed by atoms with E-state index < -0.39 is 17.8 Å². The standard InChI is InChI=1S/C21H25FO6/c1-5-6-7-8-9-17(24)28-18-15-11-10-14(22)12-16(15)19(27-13(2)23)21(26-4)20(18)25-3/h10-12H,5-9H2,1-4H3. The summed E-state index contributed by atoms with van der Waals surface area (Å²) in [4.78, 5) is 23.9. The highest BCUT2D eigenvalue weighted by Crippen LogP contribution is 2.51. The number of unbranched alkanes of at least 4 members (excludes halogenated alkanes) is 3. The van der Waals surface area contributed by atoms with Crippen molar-refractivity contribution in [2.75, 3.05) is 14.2 Å². The van der Waals surface area contributed by atoms with Crippen LogP contribution in [-0.2, 0) is 9.59 Å². The predicted molar refractivity (Wildman–Crippen MR) is 103 cm³/mol. The van der Waals surface area contributed by atoms with E-state index in [1.54, 1.807) is 0 Å². The predicted octanol–water partition coefficient (Wildman–Crippen LogP) is 4.80. The SMILES string of the molecule is CCCCCCC(=O)Oc1c(OC)c(OC)c(OC(C)=O)c2cc(F)ccc12. The smallest absolute Gasteiger partial charge is 0.311 e. The second kappa shape index (κ2) is 9.92. The highest BCUT2D eigenvalue weighted by molar-refractivity contribution is 6.01. The molecule has 0 spiro atoms. The number of ether oxygens (including phenoxy) is 4. The monoisotopic (exact) mass is 392 g/mol. The highest BCUT2D eigenvalue weighted by Gasteiger charge is 2.26. The Balaban J connectivity index is 2.55. The van der Waals surface area contributed by atoms with E-state index in [1.165, 1.54) is 39.3 Å². The van der Waals surface area contributed by atoms with Crippen LogP contribution in [-0.4, -0.2) is 26.2 Å². The summed E-state index contributed by atoms with van der Waals surface area (Å²) < 4.78 is 35.4. The molecule has 0 saturated heterocycles. The molecule has 0 bridgehead atoms. The fraction of sp³-hybridized carbons (Fsp3) is 0.429. The number of rotatable bonds is 9. The highest BCUT2D eigenvalue weighted by atomic mass is 19.1. The van der Waals surface area contributed by atoms with Crippen LogP contribution in [0.3, 0.4) is 0 Å². The van der Waals surface area contributed by atoms with Crippen molar-refractivity contribution in [3.8, 4) is 23.0 Å². The quantitative estimate of drug-likeness (QED) is 0.347. The number of carbonyl (C=O) groups excluding carboxylic acids is 2. The molecular formula is C21H25FO6. The van der Waals surface area contributed by atoms with Crippen molar-refractivity contribution < 1.29 is 32.9 Å². The summed E-state index contributed by atoms with van der Waals surface area (Å²) in [5, 5.41) is 0.610. The molecule has 0 amide bonds. The van der Waals surface area contributed by atoms with E-state index in [0.717, 1.165) is 19.3 Å². The van der Waals surface area contributed by atoms with Crippen LogP contribution in [0.1, 0.15) is 46.0 Å². The first-order chi connectivity index (χ1) is 13.4. The van der Waals surface area contributed by atoms with Crippen LogP contribution in [0.15, 0.2) is 18.2 Å². The molecule has 6 nitrogen and oxygen atoms in total. The van der Waals surface area contributed by atoms with Gasteiger partial charge in [-0.1, -0.05) is 26.2 Å². The third-order valence-electron chi connectivity index (χ3n) is 4.19. The van der Waals surface area contributed by atoms with Gasteiger partial charge >= 0.3 is 11.9 Å². The van der Waals surface area contributed by atoms with Crippen LogP contribution >= 0.6 is 0 Å². The molecule has 0 aliphatic heterocycles. The number of hydrogen-bond donors (Lipinski definition) is 0. The third kappa shape index (κ3) is 4.91. The Hall–Kier alpha value is -2.83. The van der Waals surface area contributed by atoms with E-state index in [4.69, 9.17) is 18.9 Å². The maximum absolute atomic E-state index is 13.9. The Kier molecular flexibility index (Phi) is 7.61.